The third-order valence-corrected chi connectivity index (χ3v) is 5.36. The van der Waals surface area contributed by atoms with Crippen molar-refractivity contribution >= 4 is 10.0 Å². The zero-order chi connectivity index (χ0) is 14.0. The Labute approximate surface area is 114 Å². The van der Waals surface area contributed by atoms with Crippen molar-refractivity contribution in [2.24, 2.45) is 5.73 Å². The summed E-state index contributed by atoms with van der Waals surface area (Å²) in [4.78, 5) is 0.330. The number of hydrogen-bond donors (Lipinski definition) is 2. The summed E-state index contributed by atoms with van der Waals surface area (Å²) in [6, 6.07) is 0.0937. The van der Waals surface area contributed by atoms with E-state index in [1.807, 2.05) is 0 Å². The highest BCUT2D eigenvalue weighted by Gasteiger charge is 2.29. The number of hydrogen-bond acceptors (Lipinski definition) is 4. The Kier molecular flexibility index (Phi) is 4.27. The van der Waals surface area contributed by atoms with E-state index in [4.69, 9.17) is 5.73 Å². The van der Waals surface area contributed by atoms with Crippen LogP contribution in [0.1, 0.15) is 37.1 Å². The van der Waals surface area contributed by atoms with E-state index in [0.29, 0.717) is 29.4 Å². The molecule has 1 fully saturated rings. The third kappa shape index (κ3) is 2.98. The summed E-state index contributed by atoms with van der Waals surface area (Å²) in [6.45, 7) is 4.76. The number of aromatic nitrogens is 2. The smallest absolute Gasteiger partial charge is 0.244 e. The largest absolute Gasteiger partial charge is 0.330 e. The van der Waals surface area contributed by atoms with Crippen molar-refractivity contribution in [2.45, 2.75) is 57.0 Å². The third-order valence-electron chi connectivity index (χ3n) is 3.58. The van der Waals surface area contributed by atoms with E-state index in [1.165, 1.54) is 0 Å². The summed E-state index contributed by atoms with van der Waals surface area (Å²) < 4.78 is 29.2. The molecule has 1 heterocycles. The van der Waals surface area contributed by atoms with E-state index >= 15 is 0 Å². The van der Waals surface area contributed by atoms with Gasteiger partial charge in [0, 0.05) is 12.6 Å². The summed E-state index contributed by atoms with van der Waals surface area (Å²) >= 11 is 0. The number of rotatable bonds is 6. The van der Waals surface area contributed by atoms with Crippen LogP contribution in [-0.2, 0) is 16.6 Å². The highest BCUT2D eigenvalue weighted by Crippen LogP contribution is 2.24. The molecule has 0 amide bonds. The lowest BCUT2D eigenvalue weighted by Crippen LogP contribution is -2.39. The second-order valence-corrected chi connectivity index (χ2v) is 6.77. The lowest BCUT2D eigenvalue weighted by Gasteiger charge is -2.26. The van der Waals surface area contributed by atoms with Crippen LogP contribution in [-0.4, -0.2) is 30.8 Å². The Morgan fingerprint density at radius 2 is 2.11 bits per heavy atom. The fourth-order valence-electron chi connectivity index (χ4n) is 2.33. The van der Waals surface area contributed by atoms with E-state index in [1.54, 1.807) is 18.5 Å². The summed E-state index contributed by atoms with van der Waals surface area (Å²) in [5, 5.41) is 4.31. The SMILES string of the molecule is Cc1nn(CCCN)c(C)c1S(=O)(=O)NC1CCC1. The van der Waals surface area contributed by atoms with Crippen LogP contribution in [0.15, 0.2) is 4.90 Å². The molecule has 1 aliphatic carbocycles. The first-order valence-electron chi connectivity index (χ1n) is 6.72. The van der Waals surface area contributed by atoms with Crippen molar-refractivity contribution in [1.82, 2.24) is 14.5 Å². The van der Waals surface area contributed by atoms with Gasteiger partial charge < -0.3 is 5.73 Å². The van der Waals surface area contributed by atoms with Gasteiger partial charge in [0.1, 0.15) is 4.90 Å². The molecular weight excluding hydrogens is 264 g/mol. The minimum absolute atomic E-state index is 0.0937. The summed E-state index contributed by atoms with van der Waals surface area (Å²) in [7, 11) is -3.45. The summed E-state index contributed by atoms with van der Waals surface area (Å²) in [6.07, 6.45) is 3.75. The molecule has 0 atom stereocenters. The summed E-state index contributed by atoms with van der Waals surface area (Å²) in [5.74, 6) is 0. The van der Waals surface area contributed by atoms with Crippen molar-refractivity contribution in [3.63, 3.8) is 0 Å². The predicted molar refractivity (Wildman–Crippen MR) is 73.3 cm³/mol. The zero-order valence-electron chi connectivity index (χ0n) is 11.5. The molecule has 0 unspecified atom stereocenters. The maximum Gasteiger partial charge on any atom is 0.244 e. The monoisotopic (exact) mass is 286 g/mol. The molecule has 0 aromatic carbocycles. The molecule has 1 aromatic heterocycles. The first-order valence-corrected chi connectivity index (χ1v) is 8.20. The van der Waals surface area contributed by atoms with Crippen LogP contribution < -0.4 is 10.5 Å². The first-order chi connectivity index (χ1) is 8.95. The topological polar surface area (TPSA) is 90.0 Å². The molecule has 0 radical (unpaired) electrons. The molecule has 0 spiro atoms. The van der Waals surface area contributed by atoms with Crippen molar-refractivity contribution in [3.05, 3.63) is 11.4 Å². The molecule has 1 aromatic rings. The molecule has 108 valence electrons. The predicted octanol–water partition coefficient (Wildman–Crippen LogP) is 0.680. The lowest BCUT2D eigenvalue weighted by molar-refractivity contribution is 0.383. The lowest BCUT2D eigenvalue weighted by atomic mass is 9.94. The average Bonchev–Trinajstić information content (AvgIpc) is 2.57. The second kappa shape index (κ2) is 5.60. The Bertz CT molecular complexity index is 546. The normalized spacial score (nSPS) is 16.6. The Balaban J connectivity index is 2.25. The van der Waals surface area contributed by atoms with Crippen molar-refractivity contribution < 1.29 is 8.42 Å². The fourth-order valence-corrected chi connectivity index (χ4v) is 4.05. The molecule has 1 aliphatic rings. The quantitative estimate of drug-likeness (QED) is 0.804. The van der Waals surface area contributed by atoms with Gasteiger partial charge in [0.25, 0.3) is 0 Å². The van der Waals surface area contributed by atoms with Gasteiger partial charge in [-0.25, -0.2) is 13.1 Å². The fraction of sp³-hybridized carbons (Fsp3) is 0.750. The number of aryl methyl sites for hydroxylation is 2. The zero-order valence-corrected chi connectivity index (χ0v) is 12.3. The number of nitrogens with two attached hydrogens (primary N) is 1. The number of nitrogens with one attached hydrogen (secondary N) is 1. The van der Waals surface area contributed by atoms with Gasteiger partial charge in [-0.15, -0.1) is 0 Å². The van der Waals surface area contributed by atoms with E-state index in [2.05, 4.69) is 9.82 Å². The highest BCUT2D eigenvalue weighted by molar-refractivity contribution is 7.89. The van der Waals surface area contributed by atoms with Gasteiger partial charge in [0.2, 0.25) is 10.0 Å². The Morgan fingerprint density at radius 1 is 1.42 bits per heavy atom. The molecule has 0 aliphatic heterocycles. The van der Waals surface area contributed by atoms with Gasteiger partial charge in [-0.05, 0) is 39.7 Å². The molecule has 3 N–H and O–H groups in total. The molecule has 1 saturated carbocycles. The van der Waals surface area contributed by atoms with Crippen molar-refractivity contribution in [2.75, 3.05) is 6.54 Å². The van der Waals surface area contributed by atoms with Gasteiger partial charge in [-0.2, -0.15) is 5.10 Å². The molecule has 6 nitrogen and oxygen atoms in total. The Hall–Kier alpha value is -0.920. The maximum absolute atomic E-state index is 12.4. The first kappa shape index (κ1) is 14.5. The van der Waals surface area contributed by atoms with E-state index in [0.717, 1.165) is 25.7 Å². The van der Waals surface area contributed by atoms with Crippen molar-refractivity contribution in [1.29, 1.82) is 0 Å². The molecule has 0 bridgehead atoms. The average molecular weight is 286 g/mol. The van der Waals surface area contributed by atoms with Crippen LogP contribution >= 0.6 is 0 Å². The van der Waals surface area contributed by atoms with Crippen LogP contribution in [0.3, 0.4) is 0 Å². The Morgan fingerprint density at radius 3 is 2.63 bits per heavy atom. The standard InChI is InChI=1S/C12H22N4O2S/c1-9-12(10(2)16(14-9)8-4-7-13)19(17,18)15-11-5-3-6-11/h11,15H,3-8,13H2,1-2H3. The molecule has 2 rings (SSSR count). The van der Waals surface area contributed by atoms with Crippen LogP contribution in [0.2, 0.25) is 0 Å². The number of nitrogens with zero attached hydrogens (tertiary/aromatic N) is 2. The van der Waals surface area contributed by atoms with Gasteiger partial charge in [-0.1, -0.05) is 6.42 Å². The van der Waals surface area contributed by atoms with Crippen LogP contribution in [0.5, 0.6) is 0 Å². The van der Waals surface area contributed by atoms with Crippen LogP contribution in [0.4, 0.5) is 0 Å². The van der Waals surface area contributed by atoms with E-state index in [-0.39, 0.29) is 6.04 Å². The van der Waals surface area contributed by atoms with Gasteiger partial charge in [0.15, 0.2) is 0 Å². The highest BCUT2D eigenvalue weighted by atomic mass is 32.2. The minimum atomic E-state index is -3.45. The molecular formula is C12H22N4O2S. The molecule has 7 heteroatoms. The van der Waals surface area contributed by atoms with Gasteiger partial charge >= 0.3 is 0 Å². The van der Waals surface area contributed by atoms with Gasteiger partial charge in [0.05, 0.1) is 11.4 Å². The summed E-state index contributed by atoms with van der Waals surface area (Å²) in [5.41, 5.74) is 6.73. The maximum atomic E-state index is 12.4. The van der Waals surface area contributed by atoms with Gasteiger partial charge in [-0.3, -0.25) is 4.68 Å². The molecule has 0 saturated heterocycles. The van der Waals surface area contributed by atoms with E-state index < -0.39 is 10.0 Å². The van der Waals surface area contributed by atoms with Crippen LogP contribution in [0, 0.1) is 13.8 Å². The van der Waals surface area contributed by atoms with E-state index in [9.17, 15) is 8.42 Å². The second-order valence-electron chi connectivity index (χ2n) is 5.11. The number of sulfonamides is 1. The van der Waals surface area contributed by atoms with Crippen molar-refractivity contribution in [3.8, 4) is 0 Å². The van der Waals surface area contributed by atoms with Crippen LogP contribution in [0.25, 0.3) is 0 Å². The molecule has 19 heavy (non-hydrogen) atoms. The minimum Gasteiger partial charge on any atom is -0.330 e.